The Bertz CT molecular complexity index is 1080. The van der Waals surface area contributed by atoms with E-state index in [9.17, 15) is 4.79 Å². The van der Waals surface area contributed by atoms with E-state index in [1.807, 2.05) is 25.1 Å². The van der Waals surface area contributed by atoms with Crippen LogP contribution in [-0.4, -0.2) is 77.6 Å². The summed E-state index contributed by atoms with van der Waals surface area (Å²) in [6.45, 7) is 3.66. The molecule has 1 fully saturated rings. The number of pyridine rings is 1. The number of aromatic nitrogens is 4. The lowest BCUT2D eigenvalue weighted by Crippen LogP contribution is -2.39. The number of hydrogen-bond donors (Lipinski definition) is 0. The SMILES string of the molecule is CCOC(=O)N(C)[C@H]1CCN(c2ccc3ncc(-c4ccc(OC)nc4OC)n3n2)C1. The Hall–Kier alpha value is -3.56. The van der Waals surface area contributed by atoms with Crippen LogP contribution in [0.25, 0.3) is 16.9 Å². The number of fused-ring (bicyclic) bond motifs is 1. The van der Waals surface area contributed by atoms with Gasteiger partial charge in [0.05, 0.1) is 44.3 Å². The van der Waals surface area contributed by atoms with Gasteiger partial charge >= 0.3 is 6.09 Å². The highest BCUT2D eigenvalue weighted by Gasteiger charge is 2.30. The molecule has 0 unspecified atom stereocenters. The number of likely N-dealkylation sites (N-methyl/N-ethyl adjacent to an activating group) is 1. The number of anilines is 1. The first-order chi connectivity index (χ1) is 15.0. The molecule has 10 heteroatoms. The Kier molecular flexibility index (Phi) is 5.79. The Morgan fingerprint density at radius 3 is 2.81 bits per heavy atom. The molecular formula is C21H26N6O4. The Labute approximate surface area is 180 Å². The number of nitrogens with zero attached hydrogens (tertiary/aromatic N) is 6. The van der Waals surface area contributed by atoms with Crippen LogP contribution in [0.15, 0.2) is 30.5 Å². The number of carbonyl (C=O) groups excluding carboxylic acids is 1. The third-order valence-electron chi connectivity index (χ3n) is 5.45. The smallest absolute Gasteiger partial charge is 0.409 e. The highest BCUT2D eigenvalue weighted by atomic mass is 16.6. The molecule has 31 heavy (non-hydrogen) atoms. The number of amides is 1. The maximum absolute atomic E-state index is 12.1. The van der Waals surface area contributed by atoms with Gasteiger partial charge in [0.2, 0.25) is 11.8 Å². The molecule has 0 N–H and O–H groups in total. The van der Waals surface area contributed by atoms with Crippen molar-refractivity contribution in [3.8, 4) is 23.0 Å². The summed E-state index contributed by atoms with van der Waals surface area (Å²) in [5.74, 6) is 1.72. The van der Waals surface area contributed by atoms with Gasteiger partial charge in [-0.25, -0.2) is 14.3 Å². The minimum Gasteiger partial charge on any atom is -0.481 e. The lowest BCUT2D eigenvalue weighted by Gasteiger charge is -2.24. The molecule has 4 rings (SSSR count). The first-order valence-electron chi connectivity index (χ1n) is 10.1. The van der Waals surface area contributed by atoms with Gasteiger partial charge in [0.25, 0.3) is 0 Å². The fourth-order valence-electron chi connectivity index (χ4n) is 3.74. The van der Waals surface area contributed by atoms with E-state index in [1.165, 1.54) is 0 Å². The highest BCUT2D eigenvalue weighted by molar-refractivity contribution is 5.69. The molecule has 3 aromatic heterocycles. The number of hydrogen-bond acceptors (Lipinski definition) is 8. The van der Waals surface area contributed by atoms with Crippen molar-refractivity contribution < 1.29 is 19.0 Å². The van der Waals surface area contributed by atoms with Gasteiger partial charge in [-0.15, -0.1) is 5.10 Å². The first kappa shape index (κ1) is 20.7. The summed E-state index contributed by atoms with van der Waals surface area (Å²) in [4.78, 5) is 24.7. The molecule has 1 saturated heterocycles. The van der Waals surface area contributed by atoms with Crippen LogP contribution in [0.5, 0.6) is 11.8 Å². The molecule has 0 radical (unpaired) electrons. The van der Waals surface area contributed by atoms with Crippen molar-refractivity contribution in [1.29, 1.82) is 0 Å². The Morgan fingerprint density at radius 2 is 2.06 bits per heavy atom. The molecule has 0 bridgehead atoms. The van der Waals surface area contributed by atoms with Crippen LogP contribution in [-0.2, 0) is 4.74 Å². The van der Waals surface area contributed by atoms with E-state index in [2.05, 4.69) is 14.9 Å². The molecule has 1 aliphatic rings. The van der Waals surface area contributed by atoms with Crippen molar-refractivity contribution in [2.75, 3.05) is 45.9 Å². The zero-order valence-corrected chi connectivity index (χ0v) is 18.1. The zero-order valence-electron chi connectivity index (χ0n) is 18.1. The predicted octanol–water partition coefficient (Wildman–Crippen LogP) is 2.48. The average molecular weight is 426 g/mol. The topological polar surface area (TPSA) is 94.3 Å². The quantitative estimate of drug-likeness (QED) is 0.593. The van der Waals surface area contributed by atoms with Crippen LogP contribution in [0.3, 0.4) is 0 Å². The number of methoxy groups -OCH3 is 2. The highest BCUT2D eigenvalue weighted by Crippen LogP contribution is 2.31. The largest absolute Gasteiger partial charge is 0.481 e. The molecule has 0 saturated carbocycles. The molecule has 1 atom stereocenters. The van der Waals surface area contributed by atoms with Crippen molar-refractivity contribution in [1.82, 2.24) is 24.5 Å². The predicted molar refractivity (Wildman–Crippen MR) is 115 cm³/mol. The molecular weight excluding hydrogens is 400 g/mol. The van der Waals surface area contributed by atoms with Gasteiger partial charge < -0.3 is 24.0 Å². The van der Waals surface area contributed by atoms with Crippen LogP contribution >= 0.6 is 0 Å². The number of ether oxygens (including phenoxy) is 3. The minimum atomic E-state index is -0.297. The molecule has 0 aromatic carbocycles. The molecule has 164 valence electrons. The number of rotatable bonds is 6. The van der Waals surface area contributed by atoms with Gasteiger partial charge in [-0.3, -0.25) is 0 Å². The summed E-state index contributed by atoms with van der Waals surface area (Å²) in [7, 11) is 4.91. The summed E-state index contributed by atoms with van der Waals surface area (Å²) in [6, 6.07) is 7.60. The van der Waals surface area contributed by atoms with Crippen LogP contribution < -0.4 is 14.4 Å². The summed E-state index contributed by atoms with van der Waals surface area (Å²) >= 11 is 0. The third kappa shape index (κ3) is 3.92. The second kappa shape index (κ2) is 8.66. The van der Waals surface area contributed by atoms with Crippen LogP contribution in [0.2, 0.25) is 0 Å². The van der Waals surface area contributed by atoms with Crippen molar-refractivity contribution in [3.63, 3.8) is 0 Å². The fourth-order valence-corrected chi connectivity index (χ4v) is 3.74. The summed E-state index contributed by atoms with van der Waals surface area (Å²) in [6.07, 6.45) is 2.30. The normalized spacial score (nSPS) is 15.9. The second-order valence-electron chi connectivity index (χ2n) is 7.21. The number of carbonyl (C=O) groups is 1. The van der Waals surface area contributed by atoms with E-state index in [4.69, 9.17) is 19.3 Å². The van der Waals surface area contributed by atoms with E-state index in [0.29, 0.717) is 24.9 Å². The molecule has 0 spiro atoms. The fraction of sp³-hybridized carbons (Fsp3) is 0.429. The van der Waals surface area contributed by atoms with Gasteiger partial charge in [0, 0.05) is 26.2 Å². The second-order valence-corrected chi connectivity index (χ2v) is 7.21. The average Bonchev–Trinajstić information content (AvgIpc) is 3.45. The van der Waals surface area contributed by atoms with Gasteiger partial charge in [-0.2, -0.15) is 4.98 Å². The van der Waals surface area contributed by atoms with E-state index >= 15 is 0 Å². The maximum Gasteiger partial charge on any atom is 0.409 e. The summed E-state index contributed by atoms with van der Waals surface area (Å²) in [5, 5.41) is 4.82. The van der Waals surface area contributed by atoms with Gasteiger partial charge in [0.15, 0.2) is 5.65 Å². The minimum absolute atomic E-state index is 0.0738. The monoisotopic (exact) mass is 426 g/mol. The first-order valence-corrected chi connectivity index (χ1v) is 10.1. The maximum atomic E-state index is 12.1. The van der Waals surface area contributed by atoms with Crippen molar-refractivity contribution >= 4 is 17.6 Å². The van der Waals surface area contributed by atoms with Crippen LogP contribution in [0.4, 0.5) is 10.6 Å². The molecule has 0 aliphatic carbocycles. The molecule has 1 aliphatic heterocycles. The Balaban J connectivity index is 1.62. The molecule has 1 amide bonds. The van der Waals surface area contributed by atoms with Gasteiger partial charge in [-0.1, -0.05) is 0 Å². The zero-order chi connectivity index (χ0) is 22.0. The lowest BCUT2D eigenvalue weighted by atomic mass is 10.2. The standard InChI is InChI=1S/C21H26N6O4/c1-5-31-21(28)25(2)14-10-11-26(13-14)18-8-7-17-22-12-16(27(17)24-18)15-6-9-19(29-3)23-20(15)30-4/h6-9,12,14H,5,10-11,13H2,1-4H3/t14-/m0/s1. The van der Waals surface area contributed by atoms with Crippen LogP contribution in [0, 0.1) is 0 Å². The third-order valence-corrected chi connectivity index (χ3v) is 5.45. The lowest BCUT2D eigenvalue weighted by molar-refractivity contribution is 0.105. The van der Waals surface area contributed by atoms with Crippen molar-refractivity contribution in [2.24, 2.45) is 0 Å². The molecule has 3 aromatic rings. The van der Waals surface area contributed by atoms with Crippen molar-refractivity contribution in [2.45, 2.75) is 19.4 Å². The van der Waals surface area contributed by atoms with Gasteiger partial charge in [0.1, 0.15) is 5.82 Å². The van der Waals surface area contributed by atoms with E-state index in [0.717, 1.165) is 35.7 Å². The molecule has 10 nitrogen and oxygen atoms in total. The summed E-state index contributed by atoms with van der Waals surface area (Å²) in [5.41, 5.74) is 2.25. The van der Waals surface area contributed by atoms with E-state index in [-0.39, 0.29) is 12.1 Å². The molecule has 4 heterocycles. The number of imidazole rings is 1. The van der Waals surface area contributed by atoms with Crippen molar-refractivity contribution in [3.05, 3.63) is 30.5 Å². The van der Waals surface area contributed by atoms with Crippen LogP contribution in [0.1, 0.15) is 13.3 Å². The van der Waals surface area contributed by atoms with E-state index < -0.39 is 0 Å². The summed E-state index contributed by atoms with van der Waals surface area (Å²) < 4.78 is 17.5. The van der Waals surface area contributed by atoms with Gasteiger partial charge in [-0.05, 0) is 31.5 Å². The van der Waals surface area contributed by atoms with E-state index in [1.54, 1.807) is 42.9 Å². The Morgan fingerprint density at radius 1 is 1.23 bits per heavy atom.